The average molecular weight is 282 g/mol. The van der Waals surface area contributed by atoms with Crippen molar-refractivity contribution in [2.24, 2.45) is 0 Å². The normalized spacial score (nSPS) is 27.9. The molecule has 0 aliphatic carbocycles. The van der Waals surface area contributed by atoms with Crippen molar-refractivity contribution in [2.75, 3.05) is 32.7 Å². The lowest BCUT2D eigenvalue weighted by molar-refractivity contribution is -0.126. The molecule has 2 fully saturated rings. The van der Waals surface area contributed by atoms with Gasteiger partial charge in [-0.3, -0.25) is 14.9 Å². The molecule has 0 saturated carbocycles. The Kier molecular flexibility index (Phi) is 5.79. The Balaban J connectivity index is 1.58. The monoisotopic (exact) mass is 282 g/mol. The van der Waals surface area contributed by atoms with Crippen LogP contribution in [-0.2, 0) is 9.59 Å². The molecule has 2 unspecified atom stereocenters. The second kappa shape index (κ2) is 7.59. The molecule has 2 rings (SSSR count). The van der Waals surface area contributed by atoms with E-state index in [4.69, 9.17) is 0 Å². The van der Waals surface area contributed by atoms with Gasteiger partial charge in [0.15, 0.2) is 0 Å². The molecule has 2 amide bonds. The van der Waals surface area contributed by atoms with Crippen LogP contribution in [0.15, 0.2) is 0 Å². The number of likely N-dealkylation sites (tertiary alicyclic amines) is 1. The van der Waals surface area contributed by atoms with E-state index in [9.17, 15) is 9.59 Å². The summed E-state index contributed by atoms with van der Waals surface area (Å²) in [6.45, 7) is 5.83. The molecule has 6 nitrogen and oxygen atoms in total. The zero-order valence-electron chi connectivity index (χ0n) is 12.3. The third-order valence-electron chi connectivity index (χ3n) is 4.19. The lowest BCUT2D eigenvalue weighted by Gasteiger charge is -2.33. The smallest absolute Gasteiger partial charge is 0.238 e. The second-order valence-corrected chi connectivity index (χ2v) is 5.76. The summed E-state index contributed by atoms with van der Waals surface area (Å²) >= 11 is 0. The maximum atomic E-state index is 11.9. The van der Waals surface area contributed by atoms with Crippen LogP contribution in [-0.4, -0.2) is 61.5 Å². The molecule has 0 aromatic rings. The van der Waals surface area contributed by atoms with E-state index in [1.807, 2.05) is 0 Å². The van der Waals surface area contributed by atoms with Gasteiger partial charge >= 0.3 is 0 Å². The van der Waals surface area contributed by atoms with Crippen molar-refractivity contribution in [2.45, 2.75) is 44.7 Å². The van der Waals surface area contributed by atoms with Crippen molar-refractivity contribution in [3.63, 3.8) is 0 Å². The minimum atomic E-state index is -0.290. The molecule has 2 heterocycles. The van der Waals surface area contributed by atoms with Crippen LogP contribution in [0.2, 0.25) is 0 Å². The van der Waals surface area contributed by atoms with Crippen LogP contribution >= 0.6 is 0 Å². The third-order valence-corrected chi connectivity index (χ3v) is 4.19. The van der Waals surface area contributed by atoms with Gasteiger partial charge in [-0.15, -0.1) is 0 Å². The number of nitrogens with zero attached hydrogens (tertiary/aromatic N) is 1. The summed E-state index contributed by atoms with van der Waals surface area (Å²) in [6, 6.07) is 0.385. The highest BCUT2D eigenvalue weighted by Crippen LogP contribution is 2.15. The number of carbonyl (C=O) groups excluding carboxylic acids is 2. The van der Waals surface area contributed by atoms with E-state index in [-0.39, 0.29) is 24.4 Å². The quantitative estimate of drug-likeness (QED) is 0.592. The molecule has 2 aliphatic heterocycles. The van der Waals surface area contributed by atoms with Gasteiger partial charge < -0.3 is 15.5 Å². The summed E-state index contributed by atoms with van der Waals surface area (Å²) in [6.07, 6.45) is 4.91. The molecule has 2 aliphatic rings. The zero-order valence-corrected chi connectivity index (χ0v) is 12.3. The molecule has 2 atom stereocenters. The molecule has 0 radical (unpaired) electrons. The fourth-order valence-electron chi connectivity index (χ4n) is 2.86. The van der Waals surface area contributed by atoms with E-state index in [0.717, 1.165) is 13.0 Å². The maximum Gasteiger partial charge on any atom is 0.238 e. The number of piperidine rings is 1. The largest absolute Gasteiger partial charge is 0.355 e. The lowest BCUT2D eigenvalue weighted by atomic mass is 10.0. The highest BCUT2D eigenvalue weighted by atomic mass is 16.2. The van der Waals surface area contributed by atoms with Crippen LogP contribution in [0.5, 0.6) is 0 Å². The summed E-state index contributed by atoms with van der Waals surface area (Å²) in [7, 11) is 0. The molecule has 2 saturated heterocycles. The first kappa shape index (κ1) is 15.3. The van der Waals surface area contributed by atoms with Crippen LogP contribution in [0.25, 0.3) is 0 Å². The van der Waals surface area contributed by atoms with Crippen molar-refractivity contribution < 1.29 is 9.59 Å². The fraction of sp³-hybridized carbons (Fsp3) is 0.857. The van der Waals surface area contributed by atoms with Crippen LogP contribution in [0.1, 0.15) is 32.6 Å². The van der Waals surface area contributed by atoms with Gasteiger partial charge in [0.25, 0.3) is 0 Å². The van der Waals surface area contributed by atoms with Gasteiger partial charge in [0.1, 0.15) is 6.04 Å². The van der Waals surface area contributed by atoms with Crippen molar-refractivity contribution in [1.82, 2.24) is 20.9 Å². The van der Waals surface area contributed by atoms with Crippen LogP contribution in [0, 0.1) is 0 Å². The minimum absolute atomic E-state index is 0.0170. The SMILES string of the molecule is CC1CCCCN1CCCNC(=O)C1CNC(=O)CN1. The molecule has 0 aromatic heterocycles. The summed E-state index contributed by atoms with van der Waals surface area (Å²) in [4.78, 5) is 25.4. The van der Waals surface area contributed by atoms with E-state index in [2.05, 4.69) is 27.8 Å². The summed E-state index contributed by atoms with van der Waals surface area (Å²) in [5, 5.41) is 8.56. The highest BCUT2D eigenvalue weighted by molar-refractivity contribution is 5.86. The van der Waals surface area contributed by atoms with Crippen LogP contribution in [0.4, 0.5) is 0 Å². The van der Waals surface area contributed by atoms with Crippen molar-refractivity contribution in [1.29, 1.82) is 0 Å². The number of piperazine rings is 1. The molecule has 6 heteroatoms. The molecule has 114 valence electrons. The van der Waals surface area contributed by atoms with Gasteiger partial charge in [-0.25, -0.2) is 0 Å². The molecule has 0 aromatic carbocycles. The molecule has 0 spiro atoms. The van der Waals surface area contributed by atoms with Gasteiger partial charge in [0.2, 0.25) is 11.8 Å². The lowest BCUT2D eigenvalue weighted by Crippen LogP contribution is -2.58. The van der Waals surface area contributed by atoms with Gasteiger partial charge in [-0.2, -0.15) is 0 Å². The van der Waals surface area contributed by atoms with Gasteiger partial charge in [0, 0.05) is 25.7 Å². The number of amides is 2. The van der Waals surface area contributed by atoms with E-state index < -0.39 is 0 Å². The number of rotatable bonds is 5. The Morgan fingerprint density at radius 1 is 1.45 bits per heavy atom. The van der Waals surface area contributed by atoms with Crippen LogP contribution < -0.4 is 16.0 Å². The Hall–Kier alpha value is -1.14. The van der Waals surface area contributed by atoms with Crippen LogP contribution in [0.3, 0.4) is 0 Å². The van der Waals surface area contributed by atoms with E-state index in [1.165, 1.54) is 25.8 Å². The summed E-state index contributed by atoms with van der Waals surface area (Å²) in [5.41, 5.74) is 0. The predicted molar refractivity (Wildman–Crippen MR) is 77.3 cm³/mol. The first-order valence-electron chi connectivity index (χ1n) is 7.68. The Bertz CT molecular complexity index is 338. The van der Waals surface area contributed by atoms with Crippen molar-refractivity contribution in [3.05, 3.63) is 0 Å². The Morgan fingerprint density at radius 2 is 2.30 bits per heavy atom. The number of hydrogen-bond acceptors (Lipinski definition) is 4. The second-order valence-electron chi connectivity index (χ2n) is 5.76. The molecule has 20 heavy (non-hydrogen) atoms. The predicted octanol–water partition coefficient (Wildman–Crippen LogP) is -0.545. The molecular weight excluding hydrogens is 256 g/mol. The van der Waals surface area contributed by atoms with E-state index in [1.54, 1.807) is 0 Å². The minimum Gasteiger partial charge on any atom is -0.355 e. The van der Waals surface area contributed by atoms with Crippen molar-refractivity contribution in [3.8, 4) is 0 Å². The highest BCUT2D eigenvalue weighted by Gasteiger charge is 2.23. The number of carbonyl (C=O) groups is 2. The summed E-state index contributed by atoms with van der Waals surface area (Å²) in [5.74, 6) is -0.0650. The first-order valence-corrected chi connectivity index (χ1v) is 7.68. The first-order chi connectivity index (χ1) is 9.66. The third kappa shape index (κ3) is 4.45. The molecular formula is C14H26N4O2. The maximum absolute atomic E-state index is 11.9. The van der Waals surface area contributed by atoms with Crippen molar-refractivity contribution >= 4 is 11.8 Å². The zero-order chi connectivity index (χ0) is 14.4. The van der Waals surface area contributed by atoms with Gasteiger partial charge in [-0.05, 0) is 32.7 Å². The Labute approximate surface area is 120 Å². The Morgan fingerprint density at radius 3 is 3.00 bits per heavy atom. The number of hydrogen-bond donors (Lipinski definition) is 3. The number of nitrogens with one attached hydrogen (secondary N) is 3. The fourth-order valence-corrected chi connectivity index (χ4v) is 2.86. The van der Waals surface area contributed by atoms with Gasteiger partial charge in [0.05, 0.1) is 6.54 Å². The summed E-state index contributed by atoms with van der Waals surface area (Å²) < 4.78 is 0. The van der Waals surface area contributed by atoms with E-state index in [0.29, 0.717) is 19.1 Å². The average Bonchev–Trinajstić information content (AvgIpc) is 2.46. The molecule has 0 bridgehead atoms. The van der Waals surface area contributed by atoms with Gasteiger partial charge in [-0.1, -0.05) is 6.42 Å². The van der Waals surface area contributed by atoms with E-state index >= 15 is 0 Å². The topological polar surface area (TPSA) is 73.5 Å². The molecule has 3 N–H and O–H groups in total. The standard InChI is InChI=1S/C14H26N4O2/c1-11-5-2-3-7-18(11)8-4-6-15-14(20)12-9-17-13(19)10-16-12/h11-12,16H,2-10H2,1H3,(H,15,20)(H,17,19).